The van der Waals surface area contributed by atoms with Crippen LogP contribution in [-0.2, 0) is 9.47 Å². The number of nitrogens with one attached hydrogen (secondary N) is 2. The maximum absolute atomic E-state index is 12.4. The van der Waals surface area contributed by atoms with Crippen LogP contribution in [0.1, 0.15) is 45.0 Å². The highest BCUT2D eigenvalue weighted by Crippen LogP contribution is 2.34. The third-order valence-corrected chi connectivity index (χ3v) is 5.28. The number of benzene rings is 1. The number of hydrogen-bond donors (Lipinski definition) is 2. The monoisotopic (exact) mass is 447 g/mol. The molecule has 10 nitrogen and oxygen atoms in total. The van der Waals surface area contributed by atoms with Gasteiger partial charge in [0.2, 0.25) is 6.79 Å². The number of anilines is 1. The fourth-order valence-corrected chi connectivity index (χ4v) is 3.82. The maximum atomic E-state index is 12.4. The van der Waals surface area contributed by atoms with Gasteiger partial charge in [-0.25, -0.2) is 19.8 Å². The molecule has 2 amide bonds. The molecule has 0 unspecified atom stereocenters. The number of thiophene rings is 1. The Morgan fingerprint density at radius 2 is 1.84 bits per heavy atom. The molecule has 1 aromatic heterocycles. The summed E-state index contributed by atoms with van der Waals surface area (Å²) < 4.78 is 20.6. The molecular formula is C20H21N3O7S. The van der Waals surface area contributed by atoms with Crippen molar-refractivity contribution in [2.24, 2.45) is 5.10 Å². The molecule has 3 rings (SSSR count). The first-order valence-corrected chi connectivity index (χ1v) is 10.2. The van der Waals surface area contributed by atoms with Gasteiger partial charge >= 0.3 is 18.0 Å². The van der Waals surface area contributed by atoms with Gasteiger partial charge in [-0.1, -0.05) is 0 Å². The van der Waals surface area contributed by atoms with Crippen molar-refractivity contribution < 1.29 is 33.3 Å². The number of carbonyl (C=O) groups is 3. The zero-order valence-electron chi connectivity index (χ0n) is 17.1. The number of carbonyl (C=O) groups excluding carboxylic acids is 3. The summed E-state index contributed by atoms with van der Waals surface area (Å²) in [7, 11) is 0. The Kier molecular flexibility index (Phi) is 7.08. The lowest BCUT2D eigenvalue weighted by molar-refractivity contribution is 0.0527. The van der Waals surface area contributed by atoms with Gasteiger partial charge in [-0.2, -0.15) is 5.10 Å². The second-order valence-electron chi connectivity index (χ2n) is 6.14. The second kappa shape index (κ2) is 9.94. The van der Waals surface area contributed by atoms with E-state index >= 15 is 0 Å². The molecule has 2 heterocycles. The van der Waals surface area contributed by atoms with Crippen LogP contribution in [-0.4, -0.2) is 44.2 Å². The predicted molar refractivity (Wildman–Crippen MR) is 113 cm³/mol. The average Bonchev–Trinajstić information content (AvgIpc) is 3.32. The molecule has 0 fully saturated rings. The van der Waals surface area contributed by atoms with E-state index in [2.05, 4.69) is 15.8 Å². The van der Waals surface area contributed by atoms with Crippen molar-refractivity contribution in [2.75, 3.05) is 25.3 Å². The highest BCUT2D eigenvalue weighted by Gasteiger charge is 2.27. The molecule has 0 atom stereocenters. The van der Waals surface area contributed by atoms with E-state index in [4.69, 9.17) is 18.9 Å². The molecular weight excluding hydrogens is 426 g/mol. The van der Waals surface area contributed by atoms with Gasteiger partial charge in [-0.15, -0.1) is 11.3 Å². The first kappa shape index (κ1) is 22.1. The van der Waals surface area contributed by atoms with E-state index in [9.17, 15) is 14.4 Å². The molecule has 0 bridgehead atoms. The number of esters is 2. The number of rotatable bonds is 7. The van der Waals surface area contributed by atoms with Crippen molar-refractivity contribution in [3.8, 4) is 11.5 Å². The molecule has 1 aromatic carbocycles. The molecule has 2 aromatic rings. The zero-order chi connectivity index (χ0) is 22.4. The van der Waals surface area contributed by atoms with Crippen molar-refractivity contribution in [1.29, 1.82) is 0 Å². The highest BCUT2D eigenvalue weighted by atomic mass is 32.1. The van der Waals surface area contributed by atoms with Crippen LogP contribution >= 0.6 is 11.3 Å². The van der Waals surface area contributed by atoms with Crippen molar-refractivity contribution in [3.63, 3.8) is 0 Å². The number of nitrogens with zero attached hydrogens (tertiary/aromatic N) is 1. The minimum Gasteiger partial charge on any atom is -0.462 e. The van der Waals surface area contributed by atoms with Crippen LogP contribution in [0.15, 0.2) is 23.3 Å². The largest absolute Gasteiger partial charge is 0.462 e. The van der Waals surface area contributed by atoms with Gasteiger partial charge in [0.25, 0.3) is 0 Å². The van der Waals surface area contributed by atoms with E-state index in [0.717, 1.165) is 11.3 Å². The topological polar surface area (TPSA) is 125 Å². The summed E-state index contributed by atoms with van der Waals surface area (Å²) in [5.41, 5.74) is 3.48. The van der Waals surface area contributed by atoms with E-state index in [1.54, 1.807) is 39.0 Å². The first-order chi connectivity index (χ1) is 14.9. The predicted octanol–water partition coefficient (Wildman–Crippen LogP) is 3.29. The molecule has 1 aliphatic heterocycles. The van der Waals surface area contributed by atoms with Gasteiger partial charge in [0.1, 0.15) is 9.88 Å². The number of hydrogen-bond acceptors (Lipinski definition) is 9. The zero-order valence-corrected chi connectivity index (χ0v) is 18.0. The van der Waals surface area contributed by atoms with Crippen LogP contribution in [0.5, 0.6) is 11.5 Å². The Bertz CT molecular complexity index is 1030. The van der Waals surface area contributed by atoms with Crippen LogP contribution in [0.25, 0.3) is 0 Å². The third-order valence-electron chi connectivity index (χ3n) is 4.09. The average molecular weight is 447 g/mol. The summed E-state index contributed by atoms with van der Waals surface area (Å²) in [4.78, 5) is 37.0. The second-order valence-corrected chi connectivity index (χ2v) is 7.16. The molecule has 0 saturated carbocycles. The van der Waals surface area contributed by atoms with Gasteiger partial charge in [0.15, 0.2) is 11.5 Å². The minimum absolute atomic E-state index is 0.102. The smallest absolute Gasteiger partial charge is 0.348 e. The standard InChI is InChI=1S/C20H21N3O7S/c1-4-27-18(24)15-11(3)16(19(25)28-5-2)31-17(15)22-20(26)23-21-9-12-6-7-13-14(8-12)30-10-29-13/h6-9H,4-5,10H2,1-3H3,(H2,22,23,26). The lowest BCUT2D eigenvalue weighted by Crippen LogP contribution is -2.24. The Labute approximate surface area is 182 Å². The molecule has 11 heteroatoms. The summed E-state index contributed by atoms with van der Waals surface area (Å²) in [6.45, 7) is 5.43. The van der Waals surface area contributed by atoms with Gasteiger partial charge in [-0.3, -0.25) is 5.32 Å². The Morgan fingerprint density at radius 1 is 1.13 bits per heavy atom. The van der Waals surface area contributed by atoms with Crippen LogP contribution in [0.4, 0.5) is 9.80 Å². The highest BCUT2D eigenvalue weighted by molar-refractivity contribution is 7.18. The Hall–Kier alpha value is -3.60. The number of urea groups is 1. The Balaban J connectivity index is 1.72. The molecule has 1 aliphatic rings. The molecule has 164 valence electrons. The summed E-state index contributed by atoms with van der Waals surface area (Å²) in [6, 6.07) is 4.52. The van der Waals surface area contributed by atoms with Crippen molar-refractivity contribution in [1.82, 2.24) is 5.43 Å². The van der Waals surface area contributed by atoms with E-state index in [1.165, 1.54) is 6.21 Å². The van der Waals surface area contributed by atoms with E-state index < -0.39 is 18.0 Å². The summed E-state index contributed by atoms with van der Waals surface area (Å²) in [6.07, 6.45) is 1.43. The number of amides is 2. The van der Waals surface area contributed by atoms with E-state index in [0.29, 0.717) is 22.6 Å². The lowest BCUT2D eigenvalue weighted by atomic mass is 10.1. The van der Waals surface area contributed by atoms with E-state index in [-0.39, 0.29) is 35.4 Å². The number of hydrazone groups is 1. The van der Waals surface area contributed by atoms with Gasteiger partial charge in [0.05, 0.1) is 25.0 Å². The number of ether oxygens (including phenoxy) is 4. The van der Waals surface area contributed by atoms with Crippen molar-refractivity contribution >= 4 is 40.5 Å². The van der Waals surface area contributed by atoms with Gasteiger partial charge in [-0.05, 0) is 50.1 Å². The molecule has 0 aliphatic carbocycles. The first-order valence-electron chi connectivity index (χ1n) is 9.41. The normalized spacial score (nSPS) is 12.0. The lowest BCUT2D eigenvalue weighted by Gasteiger charge is -2.06. The molecule has 0 radical (unpaired) electrons. The van der Waals surface area contributed by atoms with Crippen LogP contribution < -0.4 is 20.2 Å². The summed E-state index contributed by atoms with van der Waals surface area (Å²) in [5.74, 6) is 0.00338. The minimum atomic E-state index is -0.695. The number of fused-ring (bicyclic) bond motifs is 1. The van der Waals surface area contributed by atoms with Crippen molar-refractivity contribution in [3.05, 3.63) is 39.8 Å². The molecule has 0 spiro atoms. The molecule has 0 saturated heterocycles. The van der Waals surface area contributed by atoms with Crippen LogP contribution in [0, 0.1) is 6.92 Å². The maximum Gasteiger partial charge on any atom is 0.348 e. The van der Waals surface area contributed by atoms with Crippen LogP contribution in [0.2, 0.25) is 0 Å². The molecule has 31 heavy (non-hydrogen) atoms. The summed E-state index contributed by atoms with van der Waals surface area (Å²) >= 11 is 0.930. The van der Waals surface area contributed by atoms with Crippen molar-refractivity contribution in [2.45, 2.75) is 20.8 Å². The SMILES string of the molecule is CCOC(=O)c1sc(NC(=O)NN=Cc2ccc3c(c2)OCO3)c(C(=O)OCC)c1C. The van der Waals surface area contributed by atoms with Crippen LogP contribution in [0.3, 0.4) is 0 Å². The fraction of sp³-hybridized carbons (Fsp3) is 0.300. The summed E-state index contributed by atoms with van der Waals surface area (Å²) in [5, 5.41) is 6.58. The van der Waals surface area contributed by atoms with Gasteiger partial charge < -0.3 is 18.9 Å². The molecule has 2 N–H and O–H groups in total. The van der Waals surface area contributed by atoms with E-state index in [1.807, 2.05) is 0 Å². The quantitative estimate of drug-likeness (QED) is 0.379. The Morgan fingerprint density at radius 3 is 2.58 bits per heavy atom. The fourth-order valence-electron chi connectivity index (χ4n) is 2.73. The van der Waals surface area contributed by atoms with Gasteiger partial charge in [0, 0.05) is 0 Å². The third kappa shape index (κ3) is 5.12.